The molecule has 2 aromatic heterocycles. The first-order valence-electron chi connectivity index (χ1n) is 10.0. The summed E-state index contributed by atoms with van der Waals surface area (Å²) in [6, 6.07) is 0. The van der Waals surface area contributed by atoms with Gasteiger partial charge in [0, 0.05) is 30.9 Å². The number of rotatable bonds is 4. The minimum atomic E-state index is -0.0941. The van der Waals surface area contributed by atoms with Gasteiger partial charge < -0.3 is 10.2 Å². The summed E-state index contributed by atoms with van der Waals surface area (Å²) < 4.78 is 0. The van der Waals surface area contributed by atoms with E-state index in [1.807, 2.05) is 4.90 Å². The number of aromatic amines is 2. The van der Waals surface area contributed by atoms with Crippen molar-refractivity contribution in [2.24, 2.45) is 11.8 Å². The topological polar surface area (TPSA) is 120 Å². The van der Waals surface area contributed by atoms with E-state index in [1.165, 1.54) is 0 Å². The zero-order valence-electron chi connectivity index (χ0n) is 16.4. The lowest BCUT2D eigenvalue weighted by Crippen LogP contribution is -2.42. The van der Waals surface area contributed by atoms with Crippen molar-refractivity contribution in [3.8, 4) is 0 Å². The molecule has 0 aromatic carbocycles. The predicted molar refractivity (Wildman–Crippen MR) is 102 cm³/mol. The maximum atomic E-state index is 12.6. The fourth-order valence-corrected chi connectivity index (χ4v) is 4.15. The number of carbonyl (C=O) groups excluding carboxylic acids is 2. The molecule has 2 amide bonds. The van der Waals surface area contributed by atoms with Gasteiger partial charge in [-0.3, -0.25) is 14.7 Å². The molecular formula is C19H27N7O2. The van der Waals surface area contributed by atoms with E-state index in [0.717, 1.165) is 43.4 Å². The molecule has 9 heteroatoms. The Morgan fingerprint density at radius 1 is 1.14 bits per heavy atom. The Kier molecular flexibility index (Phi) is 5.15. The number of nitrogens with one attached hydrogen (secondary N) is 3. The standard InChI is InChI=1S/C19H27N7O2/c1-11-3-4-15-14(9-11)17(23-22-15)18(27)20-10-13-5-7-26(8-6-13)19(28)16-12(2)21-25-24-16/h11,13H,3-10H2,1-2H3,(H,20,27)(H,22,23)(H,21,24,25). The van der Waals surface area contributed by atoms with Crippen LogP contribution < -0.4 is 5.32 Å². The van der Waals surface area contributed by atoms with E-state index >= 15 is 0 Å². The van der Waals surface area contributed by atoms with E-state index in [-0.39, 0.29) is 11.8 Å². The van der Waals surface area contributed by atoms with Crippen molar-refractivity contribution in [2.75, 3.05) is 19.6 Å². The summed E-state index contributed by atoms with van der Waals surface area (Å²) in [6.07, 6.45) is 4.74. The number of H-pyrrole nitrogens is 2. The highest BCUT2D eigenvalue weighted by Gasteiger charge is 2.28. The Morgan fingerprint density at radius 2 is 1.93 bits per heavy atom. The number of fused-ring (bicyclic) bond motifs is 1. The van der Waals surface area contributed by atoms with Gasteiger partial charge in [0.1, 0.15) is 0 Å². The quantitative estimate of drug-likeness (QED) is 0.731. The second-order valence-electron chi connectivity index (χ2n) is 8.08. The highest BCUT2D eigenvalue weighted by Crippen LogP contribution is 2.26. The van der Waals surface area contributed by atoms with E-state index in [1.54, 1.807) is 6.92 Å². The third-order valence-electron chi connectivity index (χ3n) is 5.99. The molecule has 0 spiro atoms. The van der Waals surface area contributed by atoms with E-state index in [9.17, 15) is 9.59 Å². The van der Waals surface area contributed by atoms with Gasteiger partial charge in [-0.05, 0) is 50.9 Å². The number of aryl methyl sites for hydroxylation is 2. The highest BCUT2D eigenvalue weighted by atomic mass is 16.2. The molecule has 1 atom stereocenters. The van der Waals surface area contributed by atoms with Gasteiger partial charge in [0.15, 0.2) is 11.4 Å². The Balaban J connectivity index is 1.28. The van der Waals surface area contributed by atoms with Crippen molar-refractivity contribution < 1.29 is 9.59 Å². The molecule has 9 nitrogen and oxygen atoms in total. The van der Waals surface area contributed by atoms with Crippen LogP contribution in [0.25, 0.3) is 0 Å². The van der Waals surface area contributed by atoms with Crippen LogP contribution in [-0.4, -0.2) is 62.0 Å². The Labute approximate surface area is 163 Å². The number of hydrogen-bond donors (Lipinski definition) is 3. The second kappa shape index (κ2) is 7.73. The van der Waals surface area contributed by atoms with Crippen LogP contribution in [-0.2, 0) is 12.8 Å². The smallest absolute Gasteiger partial charge is 0.276 e. The first kappa shape index (κ1) is 18.6. The molecule has 1 aliphatic heterocycles. The van der Waals surface area contributed by atoms with E-state index in [0.29, 0.717) is 48.6 Å². The predicted octanol–water partition coefficient (Wildman–Crippen LogP) is 1.24. The van der Waals surface area contributed by atoms with Gasteiger partial charge >= 0.3 is 0 Å². The number of amides is 2. The molecule has 3 heterocycles. The lowest BCUT2D eigenvalue weighted by Gasteiger charge is -2.31. The average molecular weight is 385 g/mol. The first-order chi connectivity index (χ1) is 13.5. The normalized spacial score (nSPS) is 20.1. The monoisotopic (exact) mass is 385 g/mol. The van der Waals surface area contributed by atoms with Crippen LogP contribution in [0.15, 0.2) is 0 Å². The average Bonchev–Trinajstić information content (AvgIpc) is 3.31. The maximum absolute atomic E-state index is 12.6. The fraction of sp³-hybridized carbons (Fsp3) is 0.632. The molecule has 3 N–H and O–H groups in total. The molecule has 28 heavy (non-hydrogen) atoms. The van der Waals surface area contributed by atoms with Crippen molar-refractivity contribution in [2.45, 2.75) is 46.0 Å². The molecule has 150 valence electrons. The molecule has 4 rings (SSSR count). The molecule has 1 aliphatic carbocycles. The van der Waals surface area contributed by atoms with Crippen LogP contribution in [0, 0.1) is 18.8 Å². The number of piperidine rings is 1. The van der Waals surface area contributed by atoms with Crippen LogP contribution in [0.1, 0.15) is 64.1 Å². The largest absolute Gasteiger partial charge is 0.350 e. The summed E-state index contributed by atoms with van der Waals surface area (Å²) >= 11 is 0. The SMILES string of the molecule is Cc1n[nH]nc1C(=O)N1CCC(CNC(=O)c2n[nH]c3c2CC(C)CC3)CC1. The summed E-state index contributed by atoms with van der Waals surface area (Å²) in [5.41, 5.74) is 3.76. The van der Waals surface area contributed by atoms with Gasteiger partial charge in [0.2, 0.25) is 0 Å². The number of carbonyl (C=O) groups is 2. The molecule has 0 bridgehead atoms. The Hall–Kier alpha value is -2.71. The van der Waals surface area contributed by atoms with Crippen molar-refractivity contribution in [3.63, 3.8) is 0 Å². The second-order valence-corrected chi connectivity index (χ2v) is 8.08. The van der Waals surface area contributed by atoms with E-state index < -0.39 is 0 Å². The number of nitrogens with zero attached hydrogens (tertiary/aromatic N) is 4. The van der Waals surface area contributed by atoms with Crippen molar-refractivity contribution in [1.29, 1.82) is 0 Å². The van der Waals surface area contributed by atoms with Gasteiger partial charge in [-0.15, -0.1) is 0 Å². The van der Waals surface area contributed by atoms with Gasteiger partial charge in [0.05, 0.1) is 5.69 Å². The lowest BCUT2D eigenvalue weighted by atomic mass is 9.87. The van der Waals surface area contributed by atoms with Crippen LogP contribution in [0.3, 0.4) is 0 Å². The number of aromatic nitrogens is 5. The fourth-order valence-electron chi connectivity index (χ4n) is 4.15. The summed E-state index contributed by atoms with van der Waals surface area (Å²) in [6.45, 7) is 5.93. The summed E-state index contributed by atoms with van der Waals surface area (Å²) in [5.74, 6) is 0.779. The zero-order chi connectivity index (χ0) is 19.7. The van der Waals surface area contributed by atoms with Crippen molar-refractivity contribution >= 4 is 11.8 Å². The van der Waals surface area contributed by atoms with Gasteiger partial charge in [-0.2, -0.15) is 20.5 Å². The van der Waals surface area contributed by atoms with Gasteiger partial charge in [-0.25, -0.2) is 0 Å². The molecule has 1 fully saturated rings. The number of likely N-dealkylation sites (tertiary alicyclic amines) is 1. The molecule has 2 aromatic rings. The van der Waals surface area contributed by atoms with E-state index in [2.05, 4.69) is 37.8 Å². The highest BCUT2D eigenvalue weighted by molar-refractivity contribution is 5.94. The first-order valence-corrected chi connectivity index (χ1v) is 10.0. The minimum absolute atomic E-state index is 0.0778. The van der Waals surface area contributed by atoms with Crippen molar-refractivity contribution in [3.05, 3.63) is 28.3 Å². The zero-order valence-corrected chi connectivity index (χ0v) is 16.4. The Bertz CT molecular complexity index is 864. The molecule has 0 saturated carbocycles. The summed E-state index contributed by atoms with van der Waals surface area (Å²) in [7, 11) is 0. The van der Waals surface area contributed by atoms with Crippen molar-refractivity contribution in [1.82, 2.24) is 35.8 Å². The van der Waals surface area contributed by atoms with Gasteiger partial charge in [-0.1, -0.05) is 6.92 Å². The molecule has 0 radical (unpaired) electrons. The maximum Gasteiger partial charge on any atom is 0.276 e. The number of hydrogen-bond acceptors (Lipinski definition) is 5. The van der Waals surface area contributed by atoms with E-state index in [4.69, 9.17) is 0 Å². The molecule has 1 saturated heterocycles. The molecule has 1 unspecified atom stereocenters. The van der Waals surface area contributed by atoms with Crippen LogP contribution in [0.5, 0.6) is 0 Å². The van der Waals surface area contributed by atoms with Crippen LogP contribution in [0.4, 0.5) is 0 Å². The third kappa shape index (κ3) is 3.65. The van der Waals surface area contributed by atoms with Crippen LogP contribution >= 0.6 is 0 Å². The lowest BCUT2D eigenvalue weighted by molar-refractivity contribution is 0.0677. The minimum Gasteiger partial charge on any atom is -0.350 e. The third-order valence-corrected chi connectivity index (χ3v) is 5.99. The van der Waals surface area contributed by atoms with Crippen LogP contribution in [0.2, 0.25) is 0 Å². The summed E-state index contributed by atoms with van der Waals surface area (Å²) in [5, 5.41) is 20.7. The Morgan fingerprint density at radius 3 is 2.64 bits per heavy atom. The molecule has 2 aliphatic rings. The van der Waals surface area contributed by atoms with Gasteiger partial charge in [0.25, 0.3) is 11.8 Å². The molecular weight excluding hydrogens is 358 g/mol. The summed E-state index contributed by atoms with van der Waals surface area (Å²) in [4.78, 5) is 26.9.